The molecule has 2 aromatic carbocycles. The summed E-state index contributed by atoms with van der Waals surface area (Å²) in [5.41, 5.74) is -1.09. The van der Waals surface area contributed by atoms with Gasteiger partial charge in [-0.1, -0.05) is 11.6 Å². The molecule has 0 heterocycles. The van der Waals surface area contributed by atoms with Gasteiger partial charge < -0.3 is 4.74 Å². The second-order valence-electron chi connectivity index (χ2n) is 3.83. The molecule has 0 unspecified atom stereocenters. The molecule has 0 N–H and O–H groups in total. The number of rotatable bonds is 2. The Morgan fingerprint density at radius 2 is 1.33 bits per heavy atom. The summed E-state index contributed by atoms with van der Waals surface area (Å²) in [6, 6.07) is 2.05. The van der Waals surface area contributed by atoms with Crippen LogP contribution in [0.5, 0.6) is 5.75 Å². The first-order valence-electron chi connectivity index (χ1n) is 5.31. The Labute approximate surface area is 119 Å². The third-order valence-electron chi connectivity index (χ3n) is 2.38. The van der Waals surface area contributed by atoms with E-state index in [1.54, 1.807) is 0 Å². The Bertz CT molecular complexity index is 686. The molecule has 0 bridgehead atoms. The lowest BCUT2D eigenvalue weighted by Gasteiger charge is -2.07. The molecule has 2 nitrogen and oxygen atoms in total. The van der Waals surface area contributed by atoms with Crippen molar-refractivity contribution in [3.8, 4) is 5.75 Å². The molecule has 0 aliphatic rings. The van der Waals surface area contributed by atoms with E-state index in [1.165, 1.54) is 0 Å². The van der Waals surface area contributed by atoms with Crippen LogP contribution in [0.1, 0.15) is 10.4 Å². The fraction of sp³-hybridized carbons (Fsp3) is 0. The summed E-state index contributed by atoms with van der Waals surface area (Å²) in [5.74, 6) is -9.92. The first-order chi connectivity index (χ1) is 9.79. The molecule has 0 amide bonds. The lowest BCUT2D eigenvalue weighted by molar-refractivity contribution is 0.0723. The molecule has 0 fully saturated rings. The second-order valence-corrected chi connectivity index (χ2v) is 4.27. The molecule has 0 aliphatic carbocycles. The topological polar surface area (TPSA) is 26.3 Å². The van der Waals surface area contributed by atoms with E-state index in [0.717, 1.165) is 0 Å². The molecule has 0 saturated carbocycles. The highest BCUT2D eigenvalue weighted by molar-refractivity contribution is 6.30. The zero-order valence-electron chi connectivity index (χ0n) is 9.89. The van der Waals surface area contributed by atoms with Gasteiger partial charge in [-0.15, -0.1) is 0 Å². The maximum absolute atomic E-state index is 13.5. The minimum atomic E-state index is -1.77. The monoisotopic (exact) mass is 322 g/mol. The maximum Gasteiger partial charge on any atom is 0.349 e. The molecular formula is C13H4ClF5O2. The lowest BCUT2D eigenvalue weighted by atomic mass is 10.2. The van der Waals surface area contributed by atoms with Gasteiger partial charge in [0.15, 0.2) is 17.5 Å². The molecule has 0 aromatic heterocycles. The minimum Gasteiger partial charge on any atom is -0.423 e. The second kappa shape index (κ2) is 5.69. The Kier molecular flexibility index (Phi) is 4.13. The fourth-order valence-corrected chi connectivity index (χ4v) is 1.68. The molecule has 0 spiro atoms. The Morgan fingerprint density at radius 3 is 1.81 bits per heavy atom. The van der Waals surface area contributed by atoms with Gasteiger partial charge in [-0.2, -0.15) is 0 Å². The normalized spacial score (nSPS) is 10.6. The Hall–Kier alpha value is -2.15. The highest BCUT2D eigenvalue weighted by Crippen LogP contribution is 2.23. The van der Waals surface area contributed by atoms with Crippen molar-refractivity contribution in [3.63, 3.8) is 0 Å². The summed E-state index contributed by atoms with van der Waals surface area (Å²) in [6.07, 6.45) is 0. The summed E-state index contributed by atoms with van der Waals surface area (Å²) < 4.78 is 69.9. The van der Waals surface area contributed by atoms with Crippen LogP contribution in [0.3, 0.4) is 0 Å². The van der Waals surface area contributed by atoms with Gasteiger partial charge in [0.05, 0.1) is 0 Å². The van der Waals surface area contributed by atoms with Crippen molar-refractivity contribution < 1.29 is 31.5 Å². The van der Waals surface area contributed by atoms with E-state index >= 15 is 0 Å². The van der Waals surface area contributed by atoms with E-state index in [1.807, 2.05) is 0 Å². The Balaban J connectivity index is 2.35. The molecule has 0 saturated heterocycles. The minimum absolute atomic E-state index is 0.291. The van der Waals surface area contributed by atoms with E-state index in [4.69, 9.17) is 11.6 Å². The standard InChI is InChI=1S/C13H4ClF5O2/c14-5-1-7(15)11(8(16)2-5)13(20)21-6-3-9(17)12(19)10(18)4-6/h1-4H. The average Bonchev–Trinajstić information content (AvgIpc) is 2.34. The number of benzene rings is 2. The summed E-state index contributed by atoms with van der Waals surface area (Å²) in [5, 5.41) is -0.291. The fourth-order valence-electron chi connectivity index (χ4n) is 1.49. The van der Waals surface area contributed by atoms with Crippen LogP contribution in [0.4, 0.5) is 22.0 Å². The highest BCUT2D eigenvalue weighted by Gasteiger charge is 2.22. The third kappa shape index (κ3) is 3.13. The van der Waals surface area contributed by atoms with Crippen LogP contribution >= 0.6 is 11.6 Å². The molecule has 0 radical (unpaired) electrons. The van der Waals surface area contributed by atoms with Gasteiger partial charge in [-0.3, -0.25) is 0 Å². The van der Waals surface area contributed by atoms with Crippen molar-refractivity contribution in [3.05, 3.63) is 63.9 Å². The average molecular weight is 323 g/mol. The van der Waals surface area contributed by atoms with Gasteiger partial charge in [0, 0.05) is 17.2 Å². The van der Waals surface area contributed by atoms with Crippen LogP contribution in [0.15, 0.2) is 24.3 Å². The SMILES string of the molecule is O=C(Oc1cc(F)c(F)c(F)c1)c1c(F)cc(Cl)cc1F. The molecule has 21 heavy (non-hydrogen) atoms. The molecular weight excluding hydrogens is 319 g/mol. The van der Waals surface area contributed by atoms with E-state index in [9.17, 15) is 26.7 Å². The van der Waals surface area contributed by atoms with Crippen molar-refractivity contribution >= 4 is 17.6 Å². The van der Waals surface area contributed by atoms with Crippen molar-refractivity contribution in [1.29, 1.82) is 0 Å². The van der Waals surface area contributed by atoms with E-state index in [0.29, 0.717) is 24.3 Å². The van der Waals surface area contributed by atoms with E-state index < -0.39 is 46.4 Å². The van der Waals surface area contributed by atoms with Crippen molar-refractivity contribution in [2.75, 3.05) is 0 Å². The molecule has 0 atom stereocenters. The molecule has 8 heteroatoms. The number of ether oxygens (including phenoxy) is 1. The van der Waals surface area contributed by atoms with Crippen LogP contribution < -0.4 is 4.74 Å². The summed E-state index contributed by atoms with van der Waals surface area (Å²) >= 11 is 5.37. The zero-order valence-corrected chi connectivity index (χ0v) is 10.6. The van der Waals surface area contributed by atoms with Gasteiger partial charge in [0.2, 0.25) is 0 Å². The van der Waals surface area contributed by atoms with Crippen molar-refractivity contribution in [2.24, 2.45) is 0 Å². The first-order valence-corrected chi connectivity index (χ1v) is 5.68. The summed E-state index contributed by atoms with van der Waals surface area (Å²) in [6.45, 7) is 0. The number of esters is 1. The lowest BCUT2D eigenvalue weighted by Crippen LogP contribution is -2.13. The van der Waals surface area contributed by atoms with Gasteiger partial charge in [0.25, 0.3) is 0 Å². The molecule has 2 rings (SSSR count). The first kappa shape index (κ1) is 15.2. The molecule has 2 aromatic rings. The van der Waals surface area contributed by atoms with Gasteiger partial charge in [0.1, 0.15) is 22.9 Å². The van der Waals surface area contributed by atoms with Crippen LogP contribution in [0.2, 0.25) is 5.02 Å². The van der Waals surface area contributed by atoms with E-state index in [-0.39, 0.29) is 5.02 Å². The predicted octanol–water partition coefficient (Wildman–Crippen LogP) is 4.25. The third-order valence-corrected chi connectivity index (χ3v) is 2.60. The Morgan fingerprint density at radius 1 is 0.857 bits per heavy atom. The van der Waals surface area contributed by atoms with Crippen molar-refractivity contribution in [1.82, 2.24) is 0 Å². The molecule has 110 valence electrons. The van der Waals surface area contributed by atoms with Gasteiger partial charge >= 0.3 is 5.97 Å². The predicted molar refractivity (Wildman–Crippen MR) is 62.6 cm³/mol. The summed E-state index contributed by atoms with van der Waals surface area (Å²) in [4.78, 5) is 11.6. The number of carbonyl (C=O) groups is 1. The largest absolute Gasteiger partial charge is 0.423 e. The number of hydrogen-bond donors (Lipinski definition) is 0. The van der Waals surface area contributed by atoms with Crippen LogP contribution in [-0.4, -0.2) is 5.97 Å². The quantitative estimate of drug-likeness (QED) is 0.357. The van der Waals surface area contributed by atoms with Gasteiger partial charge in [-0.05, 0) is 12.1 Å². The van der Waals surface area contributed by atoms with Crippen LogP contribution in [-0.2, 0) is 0 Å². The van der Waals surface area contributed by atoms with Crippen LogP contribution in [0.25, 0.3) is 0 Å². The van der Waals surface area contributed by atoms with Crippen LogP contribution in [0, 0.1) is 29.1 Å². The smallest absolute Gasteiger partial charge is 0.349 e. The highest BCUT2D eigenvalue weighted by atomic mass is 35.5. The van der Waals surface area contributed by atoms with Crippen molar-refractivity contribution in [2.45, 2.75) is 0 Å². The number of halogens is 6. The van der Waals surface area contributed by atoms with Gasteiger partial charge in [-0.25, -0.2) is 26.7 Å². The number of carbonyl (C=O) groups excluding carboxylic acids is 1. The summed E-state index contributed by atoms with van der Waals surface area (Å²) in [7, 11) is 0. The van der Waals surface area contributed by atoms with E-state index in [2.05, 4.69) is 4.74 Å². The number of hydrogen-bond acceptors (Lipinski definition) is 2. The zero-order chi connectivity index (χ0) is 15.7. The maximum atomic E-state index is 13.5. The molecule has 0 aliphatic heterocycles.